The van der Waals surface area contributed by atoms with Gasteiger partial charge in [0.2, 0.25) is 5.91 Å². The predicted molar refractivity (Wildman–Crippen MR) is 92.6 cm³/mol. The first-order valence-electron chi connectivity index (χ1n) is 8.33. The number of carbonyl (C=O) groups excluding carboxylic acids is 2. The number of likely N-dealkylation sites (tertiary alicyclic amines) is 1. The molecule has 4 nitrogen and oxygen atoms in total. The molecular weight excluding hydrogens is 312 g/mol. The lowest BCUT2D eigenvalue weighted by atomic mass is 10.0. The van der Waals surface area contributed by atoms with Crippen molar-refractivity contribution in [2.75, 3.05) is 13.1 Å². The maximum Gasteiger partial charge on any atom is 0.253 e. The van der Waals surface area contributed by atoms with Gasteiger partial charge in [0, 0.05) is 13.1 Å². The lowest BCUT2D eigenvalue weighted by Crippen LogP contribution is -2.50. The first-order chi connectivity index (χ1) is 11.0. The number of amides is 2. The molecule has 0 unspecified atom stereocenters. The van der Waals surface area contributed by atoms with E-state index in [0.29, 0.717) is 22.9 Å². The van der Waals surface area contributed by atoms with Gasteiger partial charge in [0.15, 0.2) is 0 Å². The molecule has 1 atom stereocenters. The summed E-state index contributed by atoms with van der Waals surface area (Å²) in [4.78, 5) is 27.1. The highest BCUT2D eigenvalue weighted by Crippen LogP contribution is 2.17. The molecule has 126 valence electrons. The molecule has 1 saturated heterocycles. The van der Waals surface area contributed by atoms with Crippen LogP contribution in [0, 0.1) is 5.92 Å². The molecule has 1 aromatic carbocycles. The average Bonchev–Trinajstić information content (AvgIpc) is 2.54. The predicted octanol–water partition coefficient (Wildman–Crippen LogP) is 3.50. The number of benzene rings is 1. The molecule has 1 heterocycles. The first kappa shape index (κ1) is 17.8. The topological polar surface area (TPSA) is 49.4 Å². The van der Waals surface area contributed by atoms with Gasteiger partial charge in [-0.3, -0.25) is 9.59 Å². The highest BCUT2D eigenvalue weighted by Gasteiger charge is 2.28. The molecule has 1 fully saturated rings. The van der Waals surface area contributed by atoms with Crippen LogP contribution in [0.2, 0.25) is 5.02 Å². The monoisotopic (exact) mass is 336 g/mol. The normalized spacial score (nSPS) is 16.3. The molecule has 1 aliphatic heterocycles. The van der Waals surface area contributed by atoms with Crippen LogP contribution in [0.4, 0.5) is 0 Å². The highest BCUT2D eigenvalue weighted by atomic mass is 35.5. The minimum Gasteiger partial charge on any atom is -0.341 e. The summed E-state index contributed by atoms with van der Waals surface area (Å²) in [6.45, 7) is 5.68. The van der Waals surface area contributed by atoms with Crippen molar-refractivity contribution in [1.82, 2.24) is 10.2 Å². The smallest absolute Gasteiger partial charge is 0.253 e. The molecule has 23 heavy (non-hydrogen) atoms. The lowest BCUT2D eigenvalue weighted by molar-refractivity contribution is -0.134. The van der Waals surface area contributed by atoms with Crippen molar-refractivity contribution >= 4 is 23.4 Å². The third kappa shape index (κ3) is 4.96. The molecule has 2 rings (SSSR count). The molecular formula is C18H25ClN2O2. The second-order valence-electron chi connectivity index (χ2n) is 6.52. The van der Waals surface area contributed by atoms with Gasteiger partial charge in [-0.2, -0.15) is 0 Å². The molecule has 1 aromatic rings. The summed E-state index contributed by atoms with van der Waals surface area (Å²) in [6.07, 6.45) is 3.88. The molecule has 1 N–H and O–H groups in total. The van der Waals surface area contributed by atoms with Crippen molar-refractivity contribution in [2.24, 2.45) is 5.92 Å². The van der Waals surface area contributed by atoms with Crippen LogP contribution in [0.5, 0.6) is 0 Å². The van der Waals surface area contributed by atoms with Crippen molar-refractivity contribution in [3.8, 4) is 0 Å². The van der Waals surface area contributed by atoms with Crippen LogP contribution in [-0.2, 0) is 4.79 Å². The second kappa shape index (κ2) is 8.34. The third-order valence-electron chi connectivity index (χ3n) is 4.10. The molecule has 1 aliphatic rings. The van der Waals surface area contributed by atoms with E-state index >= 15 is 0 Å². The van der Waals surface area contributed by atoms with Gasteiger partial charge in [-0.25, -0.2) is 0 Å². The van der Waals surface area contributed by atoms with Crippen LogP contribution in [-0.4, -0.2) is 35.8 Å². The number of carbonyl (C=O) groups is 2. The Bertz CT molecular complexity index is 554. The van der Waals surface area contributed by atoms with Crippen molar-refractivity contribution < 1.29 is 9.59 Å². The molecule has 0 radical (unpaired) electrons. The fourth-order valence-corrected chi connectivity index (χ4v) is 3.13. The van der Waals surface area contributed by atoms with E-state index in [9.17, 15) is 9.59 Å². The maximum atomic E-state index is 12.8. The van der Waals surface area contributed by atoms with Gasteiger partial charge in [0.05, 0.1) is 10.6 Å². The average molecular weight is 337 g/mol. The van der Waals surface area contributed by atoms with Crippen molar-refractivity contribution in [3.63, 3.8) is 0 Å². The Labute approximate surface area is 143 Å². The van der Waals surface area contributed by atoms with Gasteiger partial charge < -0.3 is 10.2 Å². The molecule has 0 bridgehead atoms. The number of rotatable bonds is 5. The number of nitrogens with zero attached hydrogens (tertiary/aromatic N) is 1. The van der Waals surface area contributed by atoms with E-state index in [1.165, 1.54) is 6.42 Å². The second-order valence-corrected chi connectivity index (χ2v) is 6.93. The molecule has 0 spiro atoms. The minimum atomic E-state index is -0.489. The molecule has 0 aromatic heterocycles. The van der Waals surface area contributed by atoms with Crippen LogP contribution >= 0.6 is 11.6 Å². The van der Waals surface area contributed by atoms with Gasteiger partial charge in [0.1, 0.15) is 6.04 Å². The van der Waals surface area contributed by atoms with E-state index in [1.54, 1.807) is 24.3 Å². The summed E-state index contributed by atoms with van der Waals surface area (Å²) < 4.78 is 0. The Morgan fingerprint density at radius 1 is 1.17 bits per heavy atom. The summed E-state index contributed by atoms with van der Waals surface area (Å²) in [6, 6.07) is 6.42. The zero-order valence-electron chi connectivity index (χ0n) is 13.8. The minimum absolute atomic E-state index is 0.0267. The Hall–Kier alpha value is -1.55. The van der Waals surface area contributed by atoms with Gasteiger partial charge in [-0.15, -0.1) is 0 Å². The Balaban J connectivity index is 2.10. The quantitative estimate of drug-likeness (QED) is 0.894. The molecule has 0 saturated carbocycles. The number of hydrogen-bond donors (Lipinski definition) is 1. The van der Waals surface area contributed by atoms with E-state index < -0.39 is 6.04 Å². The zero-order chi connectivity index (χ0) is 16.8. The van der Waals surface area contributed by atoms with Gasteiger partial charge in [-0.05, 0) is 43.7 Å². The Morgan fingerprint density at radius 3 is 2.43 bits per heavy atom. The van der Waals surface area contributed by atoms with Crippen LogP contribution in [0.15, 0.2) is 24.3 Å². The van der Waals surface area contributed by atoms with Gasteiger partial charge in [0.25, 0.3) is 5.91 Å². The van der Waals surface area contributed by atoms with Crippen LogP contribution in [0.3, 0.4) is 0 Å². The summed E-state index contributed by atoms with van der Waals surface area (Å²) in [7, 11) is 0. The van der Waals surface area contributed by atoms with Gasteiger partial charge >= 0.3 is 0 Å². The first-order valence-corrected chi connectivity index (χ1v) is 8.71. The highest BCUT2D eigenvalue weighted by molar-refractivity contribution is 6.33. The summed E-state index contributed by atoms with van der Waals surface area (Å²) in [5, 5.41) is 3.29. The summed E-state index contributed by atoms with van der Waals surface area (Å²) >= 11 is 6.08. The molecule has 2 amide bonds. The summed E-state index contributed by atoms with van der Waals surface area (Å²) in [5.74, 6) is 0.0608. The Kier molecular flexibility index (Phi) is 6.46. The van der Waals surface area contributed by atoms with Crippen molar-refractivity contribution in [1.29, 1.82) is 0 Å². The maximum absolute atomic E-state index is 12.8. The Morgan fingerprint density at radius 2 is 1.83 bits per heavy atom. The van der Waals surface area contributed by atoms with Crippen LogP contribution < -0.4 is 5.32 Å². The molecule has 0 aliphatic carbocycles. The number of halogens is 1. The molecule has 5 heteroatoms. The van der Waals surface area contributed by atoms with E-state index in [1.807, 2.05) is 4.90 Å². The van der Waals surface area contributed by atoms with E-state index in [2.05, 4.69) is 19.2 Å². The SMILES string of the molecule is CC(C)C[C@H](NC(=O)c1ccccc1Cl)C(=O)N1CCCCC1. The number of hydrogen-bond acceptors (Lipinski definition) is 2. The largest absolute Gasteiger partial charge is 0.341 e. The fourth-order valence-electron chi connectivity index (χ4n) is 2.91. The van der Waals surface area contributed by atoms with Crippen LogP contribution in [0.1, 0.15) is 49.9 Å². The number of nitrogens with one attached hydrogen (secondary N) is 1. The van der Waals surface area contributed by atoms with Crippen molar-refractivity contribution in [3.05, 3.63) is 34.9 Å². The van der Waals surface area contributed by atoms with E-state index in [4.69, 9.17) is 11.6 Å². The fraction of sp³-hybridized carbons (Fsp3) is 0.556. The lowest BCUT2D eigenvalue weighted by Gasteiger charge is -2.31. The van der Waals surface area contributed by atoms with E-state index in [0.717, 1.165) is 25.9 Å². The third-order valence-corrected chi connectivity index (χ3v) is 4.43. The van der Waals surface area contributed by atoms with Crippen molar-refractivity contribution in [2.45, 2.75) is 45.6 Å². The summed E-state index contributed by atoms with van der Waals surface area (Å²) in [5.41, 5.74) is 0.411. The van der Waals surface area contributed by atoms with Crippen LogP contribution in [0.25, 0.3) is 0 Å². The zero-order valence-corrected chi connectivity index (χ0v) is 14.6. The van der Waals surface area contributed by atoms with E-state index in [-0.39, 0.29) is 11.8 Å². The number of piperidine rings is 1. The standard InChI is InChI=1S/C18H25ClN2O2/c1-13(2)12-16(18(23)21-10-6-3-7-11-21)20-17(22)14-8-4-5-9-15(14)19/h4-5,8-9,13,16H,3,6-7,10-12H2,1-2H3,(H,20,22)/t16-/m0/s1. The van der Waals surface area contributed by atoms with Gasteiger partial charge in [-0.1, -0.05) is 37.6 Å².